The highest BCUT2D eigenvalue weighted by Gasteiger charge is 2.21. The van der Waals surface area contributed by atoms with Gasteiger partial charge >= 0.3 is 0 Å². The van der Waals surface area contributed by atoms with E-state index in [0.29, 0.717) is 11.4 Å². The highest BCUT2D eigenvalue weighted by molar-refractivity contribution is 7.80. The summed E-state index contributed by atoms with van der Waals surface area (Å²) in [5.41, 5.74) is 5.50. The molecule has 0 aliphatic carbocycles. The molecule has 5 heteroatoms. The number of amides is 1. The van der Waals surface area contributed by atoms with Crippen molar-refractivity contribution in [2.75, 3.05) is 13.1 Å². The number of carbonyl (C=O) groups is 1. The summed E-state index contributed by atoms with van der Waals surface area (Å²) in [6.45, 7) is 9.71. The van der Waals surface area contributed by atoms with Crippen molar-refractivity contribution in [1.29, 1.82) is 0 Å². The van der Waals surface area contributed by atoms with Crippen LogP contribution < -0.4 is 11.1 Å². The maximum Gasteiger partial charge on any atom is 0.237 e. The van der Waals surface area contributed by atoms with Gasteiger partial charge in [0.05, 0.1) is 11.0 Å². The van der Waals surface area contributed by atoms with E-state index >= 15 is 0 Å². The first-order valence-corrected chi connectivity index (χ1v) is 7.19. The van der Waals surface area contributed by atoms with Crippen LogP contribution in [0, 0.1) is 0 Å². The third-order valence-electron chi connectivity index (χ3n) is 3.31. The van der Waals surface area contributed by atoms with E-state index in [1.165, 1.54) is 0 Å². The van der Waals surface area contributed by atoms with E-state index < -0.39 is 0 Å². The second-order valence-electron chi connectivity index (χ2n) is 4.54. The third kappa shape index (κ3) is 6.31. The Morgan fingerprint density at radius 1 is 1.33 bits per heavy atom. The Balaban J connectivity index is 4.34. The van der Waals surface area contributed by atoms with Crippen LogP contribution in [0.5, 0.6) is 0 Å². The van der Waals surface area contributed by atoms with Gasteiger partial charge in [-0.2, -0.15) is 0 Å². The summed E-state index contributed by atoms with van der Waals surface area (Å²) in [5, 5.41) is 3.07. The zero-order valence-corrected chi connectivity index (χ0v) is 12.8. The second-order valence-corrected chi connectivity index (χ2v) is 5.07. The summed E-state index contributed by atoms with van der Waals surface area (Å²) in [7, 11) is 0. The molecule has 18 heavy (non-hydrogen) atoms. The molecule has 0 aromatic heterocycles. The fourth-order valence-corrected chi connectivity index (χ4v) is 1.95. The van der Waals surface area contributed by atoms with E-state index in [0.717, 1.165) is 25.9 Å². The molecule has 0 fully saturated rings. The van der Waals surface area contributed by atoms with Gasteiger partial charge in [0, 0.05) is 19.0 Å². The molecule has 0 radical (unpaired) electrons. The Hall–Kier alpha value is -0.680. The summed E-state index contributed by atoms with van der Waals surface area (Å²) >= 11 is 4.87. The minimum absolute atomic E-state index is 0.0912. The van der Waals surface area contributed by atoms with Gasteiger partial charge in [0.15, 0.2) is 0 Å². The molecule has 0 saturated carbocycles. The van der Waals surface area contributed by atoms with Crippen LogP contribution in [0.25, 0.3) is 0 Å². The number of carbonyl (C=O) groups excluding carboxylic acids is 1. The maximum absolute atomic E-state index is 12.1. The summed E-state index contributed by atoms with van der Waals surface area (Å²) in [5.74, 6) is 0.0912. The lowest BCUT2D eigenvalue weighted by Gasteiger charge is -2.28. The Bertz CT molecular complexity index is 267. The van der Waals surface area contributed by atoms with E-state index in [2.05, 4.69) is 24.1 Å². The zero-order valence-electron chi connectivity index (χ0n) is 12.0. The van der Waals surface area contributed by atoms with E-state index in [1.54, 1.807) is 0 Å². The monoisotopic (exact) mass is 273 g/mol. The molecule has 0 rings (SSSR count). The van der Waals surface area contributed by atoms with Crippen molar-refractivity contribution >= 4 is 23.1 Å². The van der Waals surface area contributed by atoms with Crippen molar-refractivity contribution in [2.45, 2.75) is 59.0 Å². The summed E-state index contributed by atoms with van der Waals surface area (Å²) in [4.78, 5) is 14.7. The average molecular weight is 273 g/mol. The lowest BCUT2D eigenvalue weighted by Crippen LogP contribution is -2.48. The molecule has 0 aromatic rings. The van der Waals surface area contributed by atoms with E-state index in [4.69, 9.17) is 18.0 Å². The third-order valence-corrected chi connectivity index (χ3v) is 3.51. The predicted octanol–water partition coefficient (Wildman–Crippen LogP) is 1.68. The number of rotatable bonds is 9. The molecule has 0 aliphatic rings. The summed E-state index contributed by atoms with van der Waals surface area (Å²) in [6.07, 6.45) is 2.59. The minimum atomic E-state index is -0.134. The molecule has 0 heterocycles. The molecular weight excluding hydrogens is 246 g/mol. The largest absolute Gasteiger partial charge is 0.393 e. The summed E-state index contributed by atoms with van der Waals surface area (Å²) in [6, 6.07) is 0.138. The average Bonchev–Trinajstić information content (AvgIpc) is 2.35. The van der Waals surface area contributed by atoms with Gasteiger partial charge in [-0.25, -0.2) is 0 Å². The number of nitrogens with zero attached hydrogens (tertiary/aromatic N) is 1. The maximum atomic E-state index is 12.1. The number of likely N-dealkylation sites (N-methyl/N-ethyl adjacent to an activating group) is 1. The van der Waals surface area contributed by atoms with Crippen LogP contribution in [0.1, 0.15) is 47.0 Å². The van der Waals surface area contributed by atoms with Crippen LogP contribution in [-0.2, 0) is 4.79 Å². The Morgan fingerprint density at radius 2 is 1.89 bits per heavy atom. The van der Waals surface area contributed by atoms with Gasteiger partial charge in [0.25, 0.3) is 0 Å². The Labute approximate surface area is 116 Å². The molecule has 1 atom stereocenters. The number of hydrogen-bond acceptors (Lipinski definition) is 3. The standard InChI is InChI=1S/C13H27N3OS/c1-5-11(6-2)15-13(17)10(4)16(7-3)9-8-12(14)18/h10-11H,5-9H2,1-4H3,(H2,14,18)(H,15,17). The molecule has 1 unspecified atom stereocenters. The quantitative estimate of drug-likeness (QED) is 0.628. The molecule has 0 spiro atoms. The SMILES string of the molecule is CCC(CC)NC(=O)C(C)N(CC)CCC(N)=S. The van der Waals surface area contributed by atoms with Gasteiger partial charge in [-0.15, -0.1) is 0 Å². The number of nitrogens with one attached hydrogen (secondary N) is 1. The molecule has 106 valence electrons. The van der Waals surface area contributed by atoms with Gasteiger partial charge in [0.1, 0.15) is 0 Å². The van der Waals surface area contributed by atoms with Crippen LogP contribution >= 0.6 is 12.2 Å². The Kier molecular flexibility index (Phi) is 8.93. The van der Waals surface area contributed by atoms with Crippen molar-refractivity contribution in [1.82, 2.24) is 10.2 Å². The first-order valence-electron chi connectivity index (χ1n) is 6.78. The molecule has 0 aromatic carbocycles. The van der Waals surface area contributed by atoms with Gasteiger partial charge < -0.3 is 11.1 Å². The van der Waals surface area contributed by atoms with Crippen molar-refractivity contribution < 1.29 is 4.79 Å². The van der Waals surface area contributed by atoms with E-state index in [1.807, 2.05) is 13.8 Å². The minimum Gasteiger partial charge on any atom is -0.393 e. The van der Waals surface area contributed by atoms with Crippen LogP contribution in [0.4, 0.5) is 0 Å². The predicted molar refractivity (Wildman–Crippen MR) is 80.6 cm³/mol. The topological polar surface area (TPSA) is 58.4 Å². The van der Waals surface area contributed by atoms with E-state index in [9.17, 15) is 4.79 Å². The van der Waals surface area contributed by atoms with Gasteiger partial charge in [-0.3, -0.25) is 9.69 Å². The van der Waals surface area contributed by atoms with Crippen LogP contribution in [-0.4, -0.2) is 41.0 Å². The van der Waals surface area contributed by atoms with Crippen LogP contribution in [0.15, 0.2) is 0 Å². The van der Waals surface area contributed by atoms with Crippen LogP contribution in [0.2, 0.25) is 0 Å². The number of nitrogens with two attached hydrogens (primary N) is 1. The molecule has 3 N–H and O–H groups in total. The molecule has 4 nitrogen and oxygen atoms in total. The first-order chi connectivity index (χ1) is 8.46. The van der Waals surface area contributed by atoms with E-state index in [-0.39, 0.29) is 18.0 Å². The Morgan fingerprint density at radius 3 is 2.28 bits per heavy atom. The highest BCUT2D eigenvalue weighted by atomic mass is 32.1. The molecule has 1 amide bonds. The second kappa shape index (κ2) is 9.28. The number of thiocarbonyl (C=S) groups is 1. The fourth-order valence-electron chi connectivity index (χ4n) is 1.86. The lowest BCUT2D eigenvalue weighted by atomic mass is 10.1. The smallest absolute Gasteiger partial charge is 0.237 e. The lowest BCUT2D eigenvalue weighted by molar-refractivity contribution is -0.126. The van der Waals surface area contributed by atoms with Crippen molar-refractivity contribution in [3.63, 3.8) is 0 Å². The van der Waals surface area contributed by atoms with Crippen molar-refractivity contribution in [2.24, 2.45) is 5.73 Å². The van der Waals surface area contributed by atoms with Crippen molar-refractivity contribution in [3.05, 3.63) is 0 Å². The zero-order chi connectivity index (χ0) is 14.1. The first kappa shape index (κ1) is 17.3. The van der Waals surface area contributed by atoms with Crippen LogP contribution in [0.3, 0.4) is 0 Å². The van der Waals surface area contributed by atoms with Gasteiger partial charge in [-0.1, -0.05) is 33.0 Å². The molecule has 0 bridgehead atoms. The van der Waals surface area contributed by atoms with Crippen molar-refractivity contribution in [3.8, 4) is 0 Å². The fraction of sp³-hybridized carbons (Fsp3) is 0.846. The molecular formula is C13H27N3OS. The van der Waals surface area contributed by atoms with Gasteiger partial charge in [-0.05, 0) is 26.3 Å². The number of hydrogen-bond donors (Lipinski definition) is 2. The van der Waals surface area contributed by atoms with Gasteiger partial charge in [0.2, 0.25) is 5.91 Å². The summed E-state index contributed by atoms with van der Waals surface area (Å²) < 4.78 is 0. The highest BCUT2D eigenvalue weighted by Crippen LogP contribution is 2.03. The molecule has 0 saturated heterocycles. The normalized spacial score (nSPS) is 12.8. The molecule has 0 aliphatic heterocycles.